The molecule has 0 unspecified atom stereocenters. The fourth-order valence-electron chi connectivity index (χ4n) is 3.96. The molecule has 2 amide bonds. The first-order chi connectivity index (χ1) is 14.1. The van der Waals surface area contributed by atoms with Crippen molar-refractivity contribution in [1.29, 1.82) is 0 Å². The molecule has 0 atom stereocenters. The highest BCUT2D eigenvalue weighted by atomic mass is 16.7. The molecule has 1 spiro atoms. The van der Waals surface area contributed by atoms with Gasteiger partial charge < -0.3 is 20.1 Å². The number of rotatable bonds is 4. The monoisotopic (exact) mass is 392 g/mol. The zero-order valence-corrected chi connectivity index (χ0v) is 16.2. The summed E-state index contributed by atoms with van der Waals surface area (Å²) in [5.41, 5.74) is 1.89. The summed E-state index contributed by atoms with van der Waals surface area (Å²) in [6.45, 7) is 0. The Balaban J connectivity index is 1.23. The lowest BCUT2D eigenvalue weighted by atomic mass is 9.94. The molecule has 0 saturated heterocycles. The lowest BCUT2D eigenvalue weighted by molar-refractivity contribution is -0.117. The fourth-order valence-corrected chi connectivity index (χ4v) is 3.96. The molecular weight excluding hydrogens is 368 g/mol. The van der Waals surface area contributed by atoms with E-state index in [1.165, 1.54) is 6.42 Å². The SMILES string of the molecule is O=C(Nc1ccc2c(c1)OC1(CCCCC1)O2)c1ccc(NC(=O)C2CC2)cc1. The van der Waals surface area contributed by atoms with E-state index >= 15 is 0 Å². The van der Waals surface area contributed by atoms with Crippen LogP contribution in [-0.2, 0) is 4.79 Å². The van der Waals surface area contributed by atoms with Crippen LogP contribution < -0.4 is 20.1 Å². The van der Waals surface area contributed by atoms with Gasteiger partial charge in [-0.05, 0) is 62.1 Å². The van der Waals surface area contributed by atoms with E-state index in [-0.39, 0.29) is 17.7 Å². The summed E-state index contributed by atoms with van der Waals surface area (Å²) in [5.74, 6) is 0.888. The molecule has 1 heterocycles. The Kier molecular flexibility index (Phi) is 4.42. The summed E-state index contributed by atoms with van der Waals surface area (Å²) < 4.78 is 12.2. The maximum absolute atomic E-state index is 12.6. The highest BCUT2D eigenvalue weighted by Crippen LogP contribution is 2.46. The molecule has 0 bridgehead atoms. The van der Waals surface area contributed by atoms with Gasteiger partial charge in [0.1, 0.15) is 0 Å². The van der Waals surface area contributed by atoms with E-state index in [2.05, 4.69) is 10.6 Å². The Morgan fingerprint density at radius 2 is 1.52 bits per heavy atom. The Morgan fingerprint density at radius 3 is 2.24 bits per heavy atom. The first kappa shape index (κ1) is 18.0. The molecule has 2 aromatic rings. The third kappa shape index (κ3) is 3.79. The van der Waals surface area contributed by atoms with Crippen LogP contribution in [0.5, 0.6) is 11.5 Å². The molecule has 5 rings (SSSR count). The van der Waals surface area contributed by atoms with Gasteiger partial charge in [0.05, 0.1) is 0 Å². The van der Waals surface area contributed by atoms with Gasteiger partial charge in [-0.25, -0.2) is 0 Å². The average Bonchev–Trinajstić information content (AvgIpc) is 3.52. The van der Waals surface area contributed by atoms with E-state index in [9.17, 15) is 9.59 Å². The van der Waals surface area contributed by atoms with Crippen LogP contribution in [0, 0.1) is 5.92 Å². The minimum Gasteiger partial charge on any atom is -0.448 e. The van der Waals surface area contributed by atoms with Crippen molar-refractivity contribution in [3.63, 3.8) is 0 Å². The quantitative estimate of drug-likeness (QED) is 0.789. The smallest absolute Gasteiger partial charge is 0.255 e. The van der Waals surface area contributed by atoms with Gasteiger partial charge in [0.25, 0.3) is 11.7 Å². The molecule has 150 valence electrons. The molecule has 3 aliphatic rings. The van der Waals surface area contributed by atoms with Gasteiger partial charge in [-0.15, -0.1) is 0 Å². The standard InChI is InChI=1S/C23H24N2O4/c26-21(15-4-5-15)24-17-8-6-16(7-9-17)22(27)25-18-10-11-19-20(14-18)29-23(28-19)12-2-1-3-13-23/h6-11,14-15H,1-5,12-13H2,(H,24,26)(H,25,27). The van der Waals surface area contributed by atoms with E-state index in [0.29, 0.717) is 22.7 Å². The highest BCUT2D eigenvalue weighted by molar-refractivity contribution is 6.05. The van der Waals surface area contributed by atoms with Gasteiger partial charge in [0, 0.05) is 41.8 Å². The summed E-state index contributed by atoms with van der Waals surface area (Å²) in [7, 11) is 0. The maximum atomic E-state index is 12.6. The molecular formula is C23H24N2O4. The van der Waals surface area contributed by atoms with Crippen molar-refractivity contribution in [3.05, 3.63) is 48.0 Å². The van der Waals surface area contributed by atoms with Crippen molar-refractivity contribution in [1.82, 2.24) is 0 Å². The van der Waals surface area contributed by atoms with Crippen molar-refractivity contribution in [2.45, 2.75) is 50.7 Å². The van der Waals surface area contributed by atoms with Crippen LogP contribution in [0.3, 0.4) is 0 Å². The Bertz CT molecular complexity index is 944. The lowest BCUT2D eigenvalue weighted by Crippen LogP contribution is -2.40. The Hall–Kier alpha value is -3.02. The second-order valence-corrected chi connectivity index (χ2v) is 8.13. The highest BCUT2D eigenvalue weighted by Gasteiger charge is 2.42. The van der Waals surface area contributed by atoms with E-state index in [0.717, 1.165) is 44.3 Å². The molecule has 0 aromatic heterocycles. The van der Waals surface area contributed by atoms with Crippen LogP contribution in [0.25, 0.3) is 0 Å². The minimum absolute atomic E-state index is 0.0540. The van der Waals surface area contributed by atoms with Crippen molar-refractivity contribution >= 4 is 23.2 Å². The minimum atomic E-state index is -0.524. The zero-order chi connectivity index (χ0) is 19.8. The molecule has 0 radical (unpaired) electrons. The topological polar surface area (TPSA) is 76.7 Å². The van der Waals surface area contributed by atoms with Crippen LogP contribution >= 0.6 is 0 Å². The summed E-state index contributed by atoms with van der Waals surface area (Å²) >= 11 is 0. The second kappa shape index (κ2) is 7.10. The van der Waals surface area contributed by atoms with E-state index in [1.54, 1.807) is 24.3 Å². The van der Waals surface area contributed by atoms with Crippen molar-refractivity contribution in [2.75, 3.05) is 10.6 Å². The van der Waals surface area contributed by atoms with Gasteiger partial charge in [-0.1, -0.05) is 6.42 Å². The number of hydrogen-bond acceptors (Lipinski definition) is 4. The van der Waals surface area contributed by atoms with Crippen LogP contribution in [0.2, 0.25) is 0 Å². The molecule has 2 saturated carbocycles. The van der Waals surface area contributed by atoms with E-state index in [1.807, 2.05) is 18.2 Å². The van der Waals surface area contributed by atoms with Crippen LogP contribution in [0.15, 0.2) is 42.5 Å². The van der Waals surface area contributed by atoms with Crippen LogP contribution in [-0.4, -0.2) is 17.6 Å². The average molecular weight is 392 g/mol. The second-order valence-electron chi connectivity index (χ2n) is 8.13. The third-order valence-electron chi connectivity index (χ3n) is 5.77. The number of benzene rings is 2. The van der Waals surface area contributed by atoms with Crippen LogP contribution in [0.4, 0.5) is 11.4 Å². The van der Waals surface area contributed by atoms with Crippen molar-refractivity contribution in [2.24, 2.45) is 5.92 Å². The molecule has 2 aromatic carbocycles. The number of anilines is 2. The molecule has 29 heavy (non-hydrogen) atoms. The van der Waals surface area contributed by atoms with E-state index in [4.69, 9.17) is 9.47 Å². The summed E-state index contributed by atoms with van der Waals surface area (Å²) in [5, 5.41) is 5.78. The molecule has 2 fully saturated rings. The lowest BCUT2D eigenvalue weighted by Gasteiger charge is -2.31. The number of carbonyl (C=O) groups is 2. The van der Waals surface area contributed by atoms with E-state index < -0.39 is 5.79 Å². The third-order valence-corrected chi connectivity index (χ3v) is 5.77. The summed E-state index contributed by atoms with van der Waals surface area (Å²) in [6, 6.07) is 12.4. The fraction of sp³-hybridized carbons (Fsp3) is 0.391. The molecule has 2 aliphatic carbocycles. The molecule has 6 heteroatoms. The first-order valence-corrected chi connectivity index (χ1v) is 10.3. The molecule has 1 aliphatic heterocycles. The Labute approximate surface area is 169 Å². The summed E-state index contributed by atoms with van der Waals surface area (Å²) in [6.07, 6.45) is 7.14. The van der Waals surface area contributed by atoms with Crippen molar-refractivity contribution in [3.8, 4) is 11.5 Å². The van der Waals surface area contributed by atoms with Gasteiger partial charge in [-0.3, -0.25) is 9.59 Å². The predicted octanol–water partition coefficient (Wildman–Crippen LogP) is 4.72. The van der Waals surface area contributed by atoms with Gasteiger partial charge >= 0.3 is 0 Å². The predicted molar refractivity (Wildman–Crippen MR) is 109 cm³/mol. The van der Waals surface area contributed by atoms with Gasteiger partial charge in [0.2, 0.25) is 5.91 Å². The first-order valence-electron chi connectivity index (χ1n) is 10.3. The number of fused-ring (bicyclic) bond motifs is 1. The number of amides is 2. The molecule has 6 nitrogen and oxygen atoms in total. The maximum Gasteiger partial charge on any atom is 0.255 e. The van der Waals surface area contributed by atoms with Crippen LogP contribution in [0.1, 0.15) is 55.3 Å². The number of ether oxygens (including phenoxy) is 2. The number of carbonyl (C=O) groups excluding carboxylic acids is 2. The van der Waals surface area contributed by atoms with Gasteiger partial charge in [-0.2, -0.15) is 0 Å². The Morgan fingerprint density at radius 1 is 0.828 bits per heavy atom. The number of hydrogen-bond donors (Lipinski definition) is 2. The summed E-state index contributed by atoms with van der Waals surface area (Å²) in [4.78, 5) is 24.4. The number of nitrogens with one attached hydrogen (secondary N) is 2. The van der Waals surface area contributed by atoms with Crippen molar-refractivity contribution < 1.29 is 19.1 Å². The normalized spacial score (nSPS) is 19.0. The zero-order valence-electron chi connectivity index (χ0n) is 16.2. The largest absolute Gasteiger partial charge is 0.448 e. The molecule has 2 N–H and O–H groups in total. The van der Waals surface area contributed by atoms with Gasteiger partial charge in [0.15, 0.2) is 11.5 Å².